The predicted molar refractivity (Wildman–Crippen MR) is 130 cm³/mol. The molecule has 2 aromatic carbocycles. The molecule has 0 saturated carbocycles. The number of likely N-dealkylation sites (tertiary alicyclic amines) is 1. The number of hydrogen-bond donors (Lipinski definition) is 0. The van der Waals surface area contributed by atoms with Gasteiger partial charge in [-0.25, -0.2) is 9.97 Å². The van der Waals surface area contributed by atoms with Crippen molar-refractivity contribution in [2.75, 3.05) is 14.2 Å². The van der Waals surface area contributed by atoms with Crippen LogP contribution in [0.5, 0.6) is 0 Å². The maximum absolute atomic E-state index is 13.6. The Morgan fingerprint density at radius 3 is 2.39 bits per heavy atom. The third-order valence-corrected chi connectivity index (χ3v) is 6.70. The Labute approximate surface area is 207 Å². The molecule has 2 atom stereocenters. The van der Waals surface area contributed by atoms with Crippen LogP contribution in [0.3, 0.4) is 0 Å². The number of carbonyl (C=O) groups is 1. The normalized spacial score (nSPS) is 20.3. The van der Waals surface area contributed by atoms with Crippen LogP contribution in [0.25, 0.3) is 22.4 Å². The lowest BCUT2D eigenvalue weighted by Gasteiger charge is -2.36. The molecule has 1 amide bonds. The van der Waals surface area contributed by atoms with Gasteiger partial charge >= 0.3 is 0 Å². The van der Waals surface area contributed by atoms with E-state index in [-0.39, 0.29) is 5.82 Å². The van der Waals surface area contributed by atoms with Crippen molar-refractivity contribution in [3.05, 3.63) is 69.6 Å². The van der Waals surface area contributed by atoms with Crippen LogP contribution >= 0.6 is 34.8 Å². The fourth-order valence-corrected chi connectivity index (χ4v) is 4.66. The third kappa shape index (κ3) is 4.59. The molecule has 0 N–H and O–H groups in total. The first kappa shape index (κ1) is 23.9. The minimum absolute atomic E-state index is 0.0148. The number of hydrogen-bond acceptors (Lipinski definition) is 5. The number of carbonyl (C=O) groups excluding carboxylic acids is 1. The van der Waals surface area contributed by atoms with Gasteiger partial charge in [0.2, 0.25) is 5.82 Å². The van der Waals surface area contributed by atoms with E-state index in [0.717, 1.165) is 5.56 Å². The highest BCUT2D eigenvalue weighted by Gasteiger charge is 2.47. The molecular formula is C24H22Cl3N3O3. The molecule has 9 heteroatoms. The number of halogens is 3. The molecule has 2 heterocycles. The minimum Gasteiger partial charge on any atom is -0.361 e. The first-order valence-electron chi connectivity index (χ1n) is 10.3. The average Bonchev–Trinajstić information content (AvgIpc) is 3.16. The standard InChI is InChI=1S/C24H22Cl3N3O3/c1-24(33-3)11-10-20(32-2)30(24)23(31)22-28-13-18(14-4-6-15(25)7-5-14)21(29-22)17-9-8-16(26)12-19(17)27/h4-9,12-13,20H,10-11H2,1-3H3. The van der Waals surface area contributed by atoms with Crippen LogP contribution in [0.1, 0.15) is 30.4 Å². The van der Waals surface area contributed by atoms with E-state index < -0.39 is 17.9 Å². The van der Waals surface area contributed by atoms with Crippen LogP contribution in [0.4, 0.5) is 0 Å². The van der Waals surface area contributed by atoms with E-state index in [1.54, 1.807) is 55.6 Å². The lowest BCUT2D eigenvalue weighted by atomic mass is 10.0. The Morgan fingerprint density at radius 2 is 1.76 bits per heavy atom. The lowest BCUT2D eigenvalue weighted by molar-refractivity contribution is -0.126. The smallest absolute Gasteiger partial charge is 0.295 e. The zero-order chi connectivity index (χ0) is 23.8. The molecule has 3 aromatic rings. The summed E-state index contributed by atoms with van der Waals surface area (Å²) in [5.74, 6) is -0.376. The Balaban J connectivity index is 1.86. The van der Waals surface area contributed by atoms with E-state index >= 15 is 0 Å². The number of nitrogens with zero attached hydrogens (tertiary/aromatic N) is 3. The van der Waals surface area contributed by atoms with Crippen molar-refractivity contribution in [1.82, 2.24) is 14.9 Å². The van der Waals surface area contributed by atoms with Crippen molar-refractivity contribution in [3.8, 4) is 22.4 Å². The fourth-order valence-electron chi connectivity index (χ4n) is 4.03. The fraction of sp³-hybridized carbons (Fsp3) is 0.292. The maximum Gasteiger partial charge on any atom is 0.295 e. The molecule has 0 aliphatic carbocycles. The molecule has 1 aromatic heterocycles. The first-order valence-corrected chi connectivity index (χ1v) is 11.4. The Hall–Kier alpha value is -2.22. The van der Waals surface area contributed by atoms with Gasteiger partial charge in [0.1, 0.15) is 12.0 Å². The number of amides is 1. The molecule has 4 rings (SSSR count). The molecule has 1 saturated heterocycles. The van der Waals surface area contributed by atoms with Gasteiger partial charge in [-0.2, -0.15) is 0 Å². The molecule has 0 spiro atoms. The Morgan fingerprint density at radius 1 is 1.06 bits per heavy atom. The second kappa shape index (κ2) is 9.57. The topological polar surface area (TPSA) is 64.6 Å². The molecule has 2 unspecified atom stereocenters. The van der Waals surface area contributed by atoms with Gasteiger partial charge in [0.25, 0.3) is 5.91 Å². The summed E-state index contributed by atoms with van der Waals surface area (Å²) in [4.78, 5) is 24.2. The zero-order valence-electron chi connectivity index (χ0n) is 18.3. The van der Waals surface area contributed by atoms with Gasteiger partial charge in [-0.3, -0.25) is 9.69 Å². The summed E-state index contributed by atoms with van der Waals surface area (Å²) in [7, 11) is 3.14. The van der Waals surface area contributed by atoms with Crippen molar-refractivity contribution in [3.63, 3.8) is 0 Å². The van der Waals surface area contributed by atoms with Gasteiger partial charge in [-0.1, -0.05) is 46.9 Å². The van der Waals surface area contributed by atoms with E-state index in [4.69, 9.17) is 44.3 Å². The van der Waals surface area contributed by atoms with Gasteiger partial charge in [0.15, 0.2) is 0 Å². The zero-order valence-corrected chi connectivity index (χ0v) is 20.6. The monoisotopic (exact) mass is 505 g/mol. The van der Waals surface area contributed by atoms with Crippen molar-refractivity contribution < 1.29 is 14.3 Å². The van der Waals surface area contributed by atoms with E-state index in [2.05, 4.69) is 9.97 Å². The minimum atomic E-state index is -0.825. The highest BCUT2D eigenvalue weighted by atomic mass is 35.5. The highest BCUT2D eigenvalue weighted by molar-refractivity contribution is 6.36. The SMILES string of the molecule is COC1CCC(C)(OC)N1C(=O)c1ncc(-c2ccc(Cl)cc2)c(-c2ccc(Cl)cc2Cl)n1. The van der Waals surface area contributed by atoms with Crippen LogP contribution in [-0.4, -0.2) is 46.9 Å². The summed E-state index contributed by atoms with van der Waals surface area (Å²) in [5.41, 5.74) is 1.84. The van der Waals surface area contributed by atoms with Gasteiger partial charge < -0.3 is 9.47 Å². The molecule has 0 radical (unpaired) electrons. The number of methoxy groups -OCH3 is 2. The van der Waals surface area contributed by atoms with Crippen molar-refractivity contribution in [2.45, 2.75) is 31.7 Å². The van der Waals surface area contributed by atoms with Gasteiger partial charge in [-0.15, -0.1) is 0 Å². The van der Waals surface area contributed by atoms with Gasteiger partial charge in [0, 0.05) is 41.6 Å². The molecule has 172 valence electrons. The molecule has 1 aliphatic heterocycles. The summed E-state index contributed by atoms with van der Waals surface area (Å²) in [5, 5.41) is 1.52. The Kier molecular flexibility index (Phi) is 6.93. The summed E-state index contributed by atoms with van der Waals surface area (Å²) in [6.07, 6.45) is 2.45. The third-order valence-electron chi connectivity index (χ3n) is 5.90. The van der Waals surface area contributed by atoms with E-state index in [1.165, 1.54) is 0 Å². The number of benzene rings is 2. The van der Waals surface area contributed by atoms with Crippen molar-refractivity contribution >= 4 is 40.7 Å². The molecule has 1 fully saturated rings. The summed E-state index contributed by atoms with van der Waals surface area (Å²) in [6, 6.07) is 12.4. The summed E-state index contributed by atoms with van der Waals surface area (Å²) >= 11 is 18.7. The quantitative estimate of drug-likeness (QED) is 0.404. The number of aromatic nitrogens is 2. The maximum atomic E-state index is 13.6. The molecule has 0 bridgehead atoms. The van der Waals surface area contributed by atoms with E-state index in [0.29, 0.717) is 44.7 Å². The number of ether oxygens (including phenoxy) is 2. The van der Waals surface area contributed by atoms with Gasteiger partial charge in [-0.05, 0) is 55.7 Å². The van der Waals surface area contributed by atoms with Crippen molar-refractivity contribution in [1.29, 1.82) is 0 Å². The largest absolute Gasteiger partial charge is 0.361 e. The molecular weight excluding hydrogens is 485 g/mol. The van der Waals surface area contributed by atoms with Gasteiger partial charge in [0.05, 0.1) is 10.7 Å². The molecule has 33 heavy (non-hydrogen) atoms. The highest BCUT2D eigenvalue weighted by Crippen LogP contribution is 2.38. The molecule has 6 nitrogen and oxygen atoms in total. The molecule has 1 aliphatic rings. The second-order valence-corrected chi connectivity index (χ2v) is 9.15. The van der Waals surface area contributed by atoms with E-state index in [1.807, 2.05) is 19.1 Å². The Bertz CT molecular complexity index is 1190. The van der Waals surface area contributed by atoms with Crippen LogP contribution < -0.4 is 0 Å². The van der Waals surface area contributed by atoms with Crippen LogP contribution in [0, 0.1) is 0 Å². The second-order valence-electron chi connectivity index (χ2n) is 7.87. The lowest BCUT2D eigenvalue weighted by Crippen LogP contribution is -2.51. The van der Waals surface area contributed by atoms with Crippen LogP contribution in [0.15, 0.2) is 48.7 Å². The average molecular weight is 507 g/mol. The number of rotatable bonds is 5. The predicted octanol–water partition coefficient (Wildman–Crippen LogP) is 6.34. The van der Waals surface area contributed by atoms with Crippen molar-refractivity contribution in [2.24, 2.45) is 0 Å². The first-order chi connectivity index (χ1) is 15.8. The summed E-state index contributed by atoms with van der Waals surface area (Å²) in [6.45, 7) is 1.85. The summed E-state index contributed by atoms with van der Waals surface area (Å²) < 4.78 is 11.2. The van der Waals surface area contributed by atoms with Crippen LogP contribution in [0.2, 0.25) is 15.1 Å². The van der Waals surface area contributed by atoms with E-state index in [9.17, 15) is 4.79 Å². The van der Waals surface area contributed by atoms with Crippen LogP contribution in [-0.2, 0) is 9.47 Å².